The molecule has 0 saturated heterocycles. The van der Waals surface area contributed by atoms with Gasteiger partial charge in [-0.2, -0.15) is 0 Å². The van der Waals surface area contributed by atoms with Crippen molar-refractivity contribution in [3.05, 3.63) is 29.8 Å². The first kappa shape index (κ1) is 11.1. The molecule has 0 bridgehead atoms. The van der Waals surface area contributed by atoms with Crippen LogP contribution in [-0.2, 0) is 9.53 Å². The number of esters is 1. The van der Waals surface area contributed by atoms with Crippen molar-refractivity contribution in [1.82, 2.24) is 0 Å². The van der Waals surface area contributed by atoms with Gasteiger partial charge in [-0.15, -0.1) is 0 Å². The molecule has 1 aliphatic carbocycles. The Labute approximate surface area is 104 Å². The van der Waals surface area contributed by atoms with Crippen molar-refractivity contribution in [2.75, 3.05) is 6.61 Å². The van der Waals surface area contributed by atoms with E-state index in [2.05, 4.69) is 5.16 Å². The molecule has 94 valence electrons. The summed E-state index contributed by atoms with van der Waals surface area (Å²) in [5.74, 6) is -0.0331. The molecule has 1 N–H and O–H groups in total. The van der Waals surface area contributed by atoms with Crippen LogP contribution in [0.5, 0.6) is 5.75 Å². The lowest BCUT2D eigenvalue weighted by atomic mass is 10.00. The fourth-order valence-corrected chi connectivity index (χ4v) is 2.47. The lowest BCUT2D eigenvalue weighted by molar-refractivity contribution is -0.154. The largest absolute Gasteiger partial charge is 0.474 e. The predicted octanol–water partition coefficient (Wildman–Crippen LogP) is 1.58. The van der Waals surface area contributed by atoms with Gasteiger partial charge in [-0.05, 0) is 19.1 Å². The molecule has 0 radical (unpaired) electrons. The minimum atomic E-state index is -0.980. The second-order valence-electron chi connectivity index (χ2n) is 4.45. The summed E-state index contributed by atoms with van der Waals surface area (Å²) in [6.45, 7) is 2.06. The average molecular weight is 247 g/mol. The van der Waals surface area contributed by atoms with Gasteiger partial charge in [-0.3, -0.25) is 0 Å². The van der Waals surface area contributed by atoms with Crippen LogP contribution in [0.3, 0.4) is 0 Å². The molecule has 2 aliphatic rings. The Bertz CT molecular complexity index is 540. The maximum absolute atomic E-state index is 11.9. The third-order valence-electron chi connectivity index (χ3n) is 3.42. The maximum Gasteiger partial charge on any atom is 0.351 e. The molecule has 0 aromatic heterocycles. The van der Waals surface area contributed by atoms with Crippen molar-refractivity contribution in [3.8, 4) is 5.75 Å². The molecule has 1 heterocycles. The summed E-state index contributed by atoms with van der Waals surface area (Å²) < 4.78 is 10.8. The number of para-hydroxylation sites is 1. The summed E-state index contributed by atoms with van der Waals surface area (Å²) in [5, 5.41) is 12.5. The van der Waals surface area contributed by atoms with Gasteiger partial charge in [-0.25, -0.2) is 4.79 Å². The molecule has 1 aromatic rings. The highest BCUT2D eigenvalue weighted by atomic mass is 16.6. The molecule has 1 fully saturated rings. The van der Waals surface area contributed by atoms with E-state index in [-0.39, 0.29) is 11.9 Å². The van der Waals surface area contributed by atoms with Crippen LogP contribution in [0, 0.1) is 5.92 Å². The molecule has 3 rings (SSSR count). The average Bonchev–Trinajstić information content (AvgIpc) is 3.11. The zero-order valence-electron chi connectivity index (χ0n) is 9.92. The molecule has 0 spiro atoms. The number of benzene rings is 1. The van der Waals surface area contributed by atoms with Crippen molar-refractivity contribution < 1.29 is 19.5 Å². The highest BCUT2D eigenvalue weighted by molar-refractivity contribution is 6.12. The van der Waals surface area contributed by atoms with E-state index in [1.807, 2.05) is 18.2 Å². The van der Waals surface area contributed by atoms with Gasteiger partial charge in [-0.1, -0.05) is 17.3 Å². The minimum absolute atomic E-state index is 0.212. The van der Waals surface area contributed by atoms with E-state index in [1.165, 1.54) is 0 Å². The number of fused-ring (bicyclic) bond motifs is 2. The monoisotopic (exact) mass is 247 g/mol. The van der Waals surface area contributed by atoms with Crippen LogP contribution in [0.2, 0.25) is 0 Å². The van der Waals surface area contributed by atoms with Gasteiger partial charge in [0.1, 0.15) is 5.75 Å². The standard InChI is InChI=1S/C13H13NO4/c1-2-17-12(15)13-7-9(13)11(14-16)8-5-3-4-6-10(8)18-13/h3-6,9,16H,2,7H2,1H3/t9-,13-/m0/s1. The van der Waals surface area contributed by atoms with Gasteiger partial charge in [0.05, 0.1) is 18.2 Å². The molecular formula is C13H13NO4. The number of oxime groups is 1. The molecule has 1 aliphatic heterocycles. The van der Waals surface area contributed by atoms with Crippen LogP contribution < -0.4 is 4.74 Å². The molecule has 0 unspecified atom stereocenters. The van der Waals surface area contributed by atoms with Gasteiger partial charge in [0, 0.05) is 12.0 Å². The first-order valence-electron chi connectivity index (χ1n) is 5.90. The van der Waals surface area contributed by atoms with Crippen molar-refractivity contribution in [2.24, 2.45) is 11.1 Å². The number of hydrogen-bond donors (Lipinski definition) is 1. The quantitative estimate of drug-likeness (QED) is 0.489. The Balaban J connectivity index is 2.01. The minimum Gasteiger partial charge on any atom is -0.474 e. The number of ether oxygens (including phenoxy) is 2. The predicted molar refractivity (Wildman–Crippen MR) is 62.9 cm³/mol. The van der Waals surface area contributed by atoms with Crippen LogP contribution in [0.25, 0.3) is 0 Å². The fraction of sp³-hybridized carbons (Fsp3) is 0.385. The molecule has 5 nitrogen and oxygen atoms in total. The Kier molecular flexibility index (Phi) is 2.29. The van der Waals surface area contributed by atoms with Gasteiger partial charge < -0.3 is 14.7 Å². The van der Waals surface area contributed by atoms with E-state index in [4.69, 9.17) is 14.7 Å². The van der Waals surface area contributed by atoms with Crippen molar-refractivity contribution in [1.29, 1.82) is 0 Å². The number of rotatable bonds is 2. The Morgan fingerprint density at radius 3 is 3.11 bits per heavy atom. The molecule has 18 heavy (non-hydrogen) atoms. The lowest BCUT2D eigenvalue weighted by Gasteiger charge is -2.24. The van der Waals surface area contributed by atoms with Crippen LogP contribution in [0.4, 0.5) is 0 Å². The van der Waals surface area contributed by atoms with Crippen molar-refractivity contribution >= 4 is 11.7 Å². The van der Waals surface area contributed by atoms with Gasteiger partial charge in [0.15, 0.2) is 0 Å². The fourth-order valence-electron chi connectivity index (χ4n) is 2.47. The Morgan fingerprint density at radius 2 is 2.39 bits per heavy atom. The van der Waals surface area contributed by atoms with Gasteiger partial charge >= 0.3 is 5.97 Å². The Hall–Kier alpha value is -2.04. The highest BCUT2D eigenvalue weighted by Gasteiger charge is 2.69. The first-order valence-corrected chi connectivity index (χ1v) is 5.90. The van der Waals surface area contributed by atoms with E-state index >= 15 is 0 Å². The maximum atomic E-state index is 11.9. The third kappa shape index (κ3) is 1.33. The summed E-state index contributed by atoms with van der Waals surface area (Å²) in [4.78, 5) is 11.9. The molecule has 5 heteroatoms. The van der Waals surface area contributed by atoms with Crippen LogP contribution in [-0.4, -0.2) is 29.1 Å². The van der Waals surface area contributed by atoms with E-state index < -0.39 is 5.60 Å². The van der Waals surface area contributed by atoms with E-state index in [0.717, 1.165) is 5.56 Å². The zero-order chi connectivity index (χ0) is 12.8. The summed E-state index contributed by atoms with van der Waals surface area (Å²) >= 11 is 0. The van der Waals surface area contributed by atoms with E-state index in [0.29, 0.717) is 24.5 Å². The summed E-state index contributed by atoms with van der Waals surface area (Å²) in [6.07, 6.45) is 0.500. The van der Waals surface area contributed by atoms with Crippen molar-refractivity contribution in [2.45, 2.75) is 18.9 Å². The SMILES string of the molecule is CCOC(=O)[C@]12C[C@H]1C(=NO)c1ccccc1O2. The van der Waals surface area contributed by atoms with E-state index in [1.54, 1.807) is 13.0 Å². The number of nitrogens with zero attached hydrogens (tertiary/aromatic N) is 1. The number of hydrogen-bond acceptors (Lipinski definition) is 5. The summed E-state index contributed by atoms with van der Waals surface area (Å²) in [5.41, 5.74) is 0.263. The topological polar surface area (TPSA) is 68.1 Å². The molecular weight excluding hydrogens is 234 g/mol. The van der Waals surface area contributed by atoms with Crippen LogP contribution in [0.1, 0.15) is 18.9 Å². The zero-order valence-corrected chi connectivity index (χ0v) is 9.92. The van der Waals surface area contributed by atoms with Crippen LogP contribution >= 0.6 is 0 Å². The molecule has 0 amide bonds. The van der Waals surface area contributed by atoms with Crippen molar-refractivity contribution in [3.63, 3.8) is 0 Å². The Morgan fingerprint density at radius 1 is 1.61 bits per heavy atom. The van der Waals surface area contributed by atoms with Gasteiger partial charge in [0.25, 0.3) is 0 Å². The smallest absolute Gasteiger partial charge is 0.351 e. The molecule has 1 saturated carbocycles. The number of carbonyl (C=O) groups is 1. The highest BCUT2D eigenvalue weighted by Crippen LogP contribution is 2.54. The van der Waals surface area contributed by atoms with Crippen LogP contribution in [0.15, 0.2) is 29.4 Å². The number of carbonyl (C=O) groups excluding carboxylic acids is 1. The van der Waals surface area contributed by atoms with E-state index in [9.17, 15) is 4.79 Å². The molecule has 2 atom stereocenters. The summed E-state index contributed by atoms with van der Waals surface area (Å²) in [7, 11) is 0. The second-order valence-corrected chi connectivity index (χ2v) is 4.45. The normalized spacial score (nSPS) is 30.1. The summed E-state index contributed by atoms with van der Waals surface area (Å²) in [6, 6.07) is 7.23. The van der Waals surface area contributed by atoms with Gasteiger partial charge in [0.2, 0.25) is 5.60 Å². The lowest BCUT2D eigenvalue weighted by Crippen LogP contribution is -2.39. The molecule has 1 aromatic carbocycles. The first-order chi connectivity index (χ1) is 8.73. The second kappa shape index (κ2) is 3.73. The third-order valence-corrected chi connectivity index (χ3v) is 3.42.